The van der Waals surface area contributed by atoms with Crippen LogP contribution in [0.5, 0.6) is 0 Å². The highest BCUT2D eigenvalue weighted by atomic mass is 16.3. The van der Waals surface area contributed by atoms with E-state index in [4.69, 9.17) is 0 Å². The molecule has 2 heteroatoms. The van der Waals surface area contributed by atoms with Crippen LogP contribution in [0.4, 0.5) is 0 Å². The maximum absolute atomic E-state index is 11.5. The van der Waals surface area contributed by atoms with Crippen molar-refractivity contribution in [3.63, 3.8) is 0 Å². The molecule has 0 unspecified atom stereocenters. The fraction of sp³-hybridized carbons (Fsp3) is 0.429. The van der Waals surface area contributed by atoms with Crippen molar-refractivity contribution < 1.29 is 10.2 Å². The molecular weight excluding hydrogens is 536 g/mol. The van der Waals surface area contributed by atoms with E-state index in [1.807, 2.05) is 139 Å². The Morgan fingerprint density at radius 1 is 0.409 bits per heavy atom. The molecule has 0 spiro atoms. The van der Waals surface area contributed by atoms with Crippen LogP contribution in [-0.2, 0) is 0 Å². The predicted molar refractivity (Wildman–Crippen MR) is 193 cm³/mol. The van der Waals surface area contributed by atoms with Gasteiger partial charge in [0.25, 0.3) is 0 Å². The Balaban J connectivity index is 3.69. The molecule has 0 aromatic carbocycles. The number of hydrogen-bond donors (Lipinski definition) is 2. The SMILES string of the molecule is CC(C)(C)/C1=C/C=C/C=C/C=C/C=C/[C@](O)(C(C)(C)C)C#C\C(C(C)(C)C)=C/C=C/C=C/C=C/C=C/[C@](O)(C(C)(C)C)C#C1. The number of allylic oxidation sites excluding steroid dienone is 18. The second-order valence-corrected chi connectivity index (χ2v) is 15.2. The van der Waals surface area contributed by atoms with Crippen molar-refractivity contribution >= 4 is 0 Å². The predicted octanol–water partition coefficient (Wildman–Crippen LogP) is 9.96. The lowest BCUT2D eigenvalue weighted by molar-refractivity contribution is 0.0398. The molecule has 0 amide bonds. The molecule has 0 saturated carbocycles. The van der Waals surface area contributed by atoms with Crippen LogP contribution in [0.3, 0.4) is 0 Å². The van der Waals surface area contributed by atoms with Crippen LogP contribution in [-0.4, -0.2) is 21.4 Å². The van der Waals surface area contributed by atoms with Gasteiger partial charge in [-0.25, -0.2) is 0 Å². The minimum absolute atomic E-state index is 0.190. The summed E-state index contributed by atoms with van der Waals surface area (Å²) in [5.74, 6) is 12.9. The van der Waals surface area contributed by atoms with E-state index in [0.717, 1.165) is 11.1 Å². The van der Waals surface area contributed by atoms with Crippen LogP contribution in [0.25, 0.3) is 0 Å². The Morgan fingerprint density at radius 2 is 0.659 bits per heavy atom. The second-order valence-electron chi connectivity index (χ2n) is 15.2. The van der Waals surface area contributed by atoms with Gasteiger partial charge in [-0.3, -0.25) is 0 Å². The summed E-state index contributed by atoms with van der Waals surface area (Å²) in [5, 5.41) is 23.1. The average Bonchev–Trinajstić information content (AvgIpc) is 2.86. The molecule has 0 radical (unpaired) electrons. The van der Waals surface area contributed by atoms with Crippen molar-refractivity contribution in [1.29, 1.82) is 0 Å². The molecule has 2 atom stereocenters. The summed E-state index contributed by atoms with van der Waals surface area (Å²) in [6.07, 6.45) is 34.4. The van der Waals surface area contributed by atoms with Gasteiger partial charge in [-0.15, -0.1) is 0 Å². The van der Waals surface area contributed by atoms with Gasteiger partial charge in [-0.1, -0.05) is 204 Å². The van der Waals surface area contributed by atoms with Gasteiger partial charge in [0, 0.05) is 22.0 Å². The van der Waals surface area contributed by atoms with Gasteiger partial charge >= 0.3 is 0 Å². The fourth-order valence-electron chi connectivity index (χ4n) is 3.58. The average molecular weight is 593 g/mol. The van der Waals surface area contributed by atoms with E-state index < -0.39 is 22.0 Å². The van der Waals surface area contributed by atoms with Crippen molar-refractivity contribution in [2.45, 2.75) is 94.3 Å². The van der Waals surface area contributed by atoms with E-state index in [2.05, 4.69) is 65.2 Å². The molecule has 0 saturated heterocycles. The van der Waals surface area contributed by atoms with Crippen LogP contribution < -0.4 is 0 Å². The zero-order valence-electron chi connectivity index (χ0n) is 29.3. The highest BCUT2D eigenvalue weighted by Crippen LogP contribution is 2.33. The van der Waals surface area contributed by atoms with Crippen molar-refractivity contribution in [1.82, 2.24) is 0 Å². The zero-order chi connectivity index (χ0) is 33.7. The largest absolute Gasteiger partial charge is 0.373 e. The zero-order valence-corrected chi connectivity index (χ0v) is 29.3. The molecule has 2 nitrogen and oxygen atoms in total. The Kier molecular flexibility index (Phi) is 13.9. The number of hydrogen-bond acceptors (Lipinski definition) is 2. The van der Waals surface area contributed by atoms with Gasteiger partial charge in [0.15, 0.2) is 0 Å². The summed E-state index contributed by atoms with van der Waals surface area (Å²) in [7, 11) is 0. The molecule has 0 aromatic heterocycles. The van der Waals surface area contributed by atoms with Crippen LogP contribution in [0.1, 0.15) is 83.1 Å². The first-order valence-electron chi connectivity index (χ1n) is 15.4. The van der Waals surface area contributed by atoms with Crippen molar-refractivity contribution in [2.75, 3.05) is 0 Å². The lowest BCUT2D eigenvalue weighted by Crippen LogP contribution is -2.39. The summed E-state index contributed by atoms with van der Waals surface area (Å²) in [5.41, 5.74) is -2.13. The minimum atomic E-state index is -1.31. The van der Waals surface area contributed by atoms with Crippen LogP contribution in [0.15, 0.2) is 121 Å². The fourth-order valence-corrected chi connectivity index (χ4v) is 3.58. The number of rotatable bonds is 0. The molecule has 0 aromatic rings. The van der Waals surface area contributed by atoms with Crippen LogP contribution in [0, 0.1) is 45.3 Å². The van der Waals surface area contributed by atoms with Gasteiger partial charge in [0.2, 0.25) is 0 Å². The molecule has 0 aliphatic heterocycles. The van der Waals surface area contributed by atoms with Gasteiger partial charge in [-0.05, 0) is 23.0 Å². The van der Waals surface area contributed by atoms with Crippen molar-refractivity contribution in [3.05, 3.63) is 121 Å². The first-order chi connectivity index (χ1) is 20.1. The summed E-state index contributed by atoms with van der Waals surface area (Å²) in [6.45, 7) is 24.6. The Labute approximate surface area is 269 Å². The molecule has 1 rings (SSSR count). The Morgan fingerprint density at radius 3 is 0.909 bits per heavy atom. The van der Waals surface area contributed by atoms with Crippen LogP contribution in [0.2, 0.25) is 0 Å². The minimum Gasteiger partial charge on any atom is -0.373 e. The summed E-state index contributed by atoms with van der Waals surface area (Å²) in [4.78, 5) is 0. The maximum atomic E-state index is 11.5. The van der Waals surface area contributed by atoms with Crippen LogP contribution >= 0.6 is 0 Å². The smallest absolute Gasteiger partial charge is 0.149 e. The van der Waals surface area contributed by atoms with E-state index in [1.165, 1.54) is 0 Å². The van der Waals surface area contributed by atoms with Crippen molar-refractivity contribution in [3.8, 4) is 23.7 Å². The van der Waals surface area contributed by atoms with Gasteiger partial charge in [-0.2, -0.15) is 0 Å². The third kappa shape index (κ3) is 13.0. The summed E-state index contributed by atoms with van der Waals surface area (Å²) in [6, 6.07) is 0. The van der Waals surface area contributed by atoms with Crippen molar-refractivity contribution in [2.24, 2.45) is 21.7 Å². The van der Waals surface area contributed by atoms with E-state index in [-0.39, 0.29) is 10.8 Å². The molecule has 1 aliphatic carbocycles. The van der Waals surface area contributed by atoms with E-state index in [9.17, 15) is 10.2 Å². The molecule has 2 N–H and O–H groups in total. The van der Waals surface area contributed by atoms with E-state index >= 15 is 0 Å². The molecule has 236 valence electrons. The van der Waals surface area contributed by atoms with E-state index in [0.29, 0.717) is 0 Å². The highest BCUT2D eigenvalue weighted by molar-refractivity contribution is 5.43. The second kappa shape index (κ2) is 16.0. The Bertz CT molecular complexity index is 1280. The Hall–Kier alpha value is -3.56. The third-order valence-electron chi connectivity index (χ3n) is 7.21. The molecule has 1 aliphatic rings. The molecule has 0 fully saturated rings. The quantitative estimate of drug-likeness (QED) is 0.275. The monoisotopic (exact) mass is 592 g/mol. The normalized spacial score (nSPS) is 31.1. The standard InChI is InChI=1S/C42H56O2/c1-37(2,3)35-27-23-19-15-13-17-22-26-32-42(44,40(10,11)12)34-30-36(38(4,5)6)28-24-20-16-14-18-21-25-31-41(43,33-29-35)39(7,8)9/h13-28,31-32,43-44H,1-12H3/b15-13+,16-14+,21-18+,22-17+,23-19+,24-20+,31-25+,32-26+,35-27+,36-28+/t41-,42-/m1/s1. The molecule has 0 bridgehead atoms. The molecule has 44 heavy (non-hydrogen) atoms. The van der Waals surface area contributed by atoms with Gasteiger partial charge in [0.05, 0.1) is 0 Å². The summed E-state index contributed by atoms with van der Waals surface area (Å²) < 4.78 is 0. The van der Waals surface area contributed by atoms with E-state index in [1.54, 1.807) is 12.2 Å². The van der Waals surface area contributed by atoms with Gasteiger partial charge in [0.1, 0.15) is 11.2 Å². The lowest BCUT2D eigenvalue weighted by atomic mass is 9.76. The molecular formula is C42H56O2. The summed E-state index contributed by atoms with van der Waals surface area (Å²) >= 11 is 0. The first kappa shape index (κ1) is 38.5. The first-order valence-corrected chi connectivity index (χ1v) is 15.4. The molecule has 0 heterocycles. The number of aliphatic hydroxyl groups is 2. The topological polar surface area (TPSA) is 40.5 Å². The highest BCUT2D eigenvalue weighted by Gasteiger charge is 2.37. The lowest BCUT2D eigenvalue weighted by Gasteiger charge is -2.33. The van der Waals surface area contributed by atoms with Gasteiger partial charge < -0.3 is 10.2 Å². The third-order valence-corrected chi connectivity index (χ3v) is 7.21. The maximum Gasteiger partial charge on any atom is 0.149 e.